The Balaban J connectivity index is 1.56. The maximum Gasteiger partial charge on any atom is 0.244 e. The fourth-order valence-electron chi connectivity index (χ4n) is 2.99. The van der Waals surface area contributed by atoms with Crippen molar-refractivity contribution >= 4 is 12.0 Å². The number of hydrogen-bond acceptors (Lipinski definition) is 3. The van der Waals surface area contributed by atoms with E-state index in [0.29, 0.717) is 13.2 Å². The number of nitrogens with zero attached hydrogens (tertiary/aromatic N) is 2. The summed E-state index contributed by atoms with van der Waals surface area (Å²) < 4.78 is 7.58. The molecule has 1 heterocycles. The quantitative estimate of drug-likeness (QED) is 0.501. The Morgan fingerprint density at radius 1 is 1.07 bits per heavy atom. The number of aryl methyl sites for hydroxylation is 2. The maximum atomic E-state index is 12.1. The highest BCUT2D eigenvalue weighted by Crippen LogP contribution is 2.19. The summed E-state index contributed by atoms with van der Waals surface area (Å²) in [4.78, 5) is 12.1. The average molecular weight is 375 g/mol. The summed E-state index contributed by atoms with van der Waals surface area (Å²) in [5.41, 5.74) is 4.91. The number of ether oxygens (including phenoxy) is 1. The monoisotopic (exact) mass is 375 g/mol. The first kappa shape index (κ1) is 19.4. The standard InChI is InChI=1S/C23H25N3O2/c1-17-9-7-8-12-22(17)28-16-15-24-23(27)14-13-21-18(2)25-26(19(21)3)20-10-5-4-6-11-20/h4-14H,15-16H2,1-3H3,(H,24,27). The molecule has 0 unspecified atom stereocenters. The van der Waals surface area contributed by atoms with Crippen LogP contribution in [0.25, 0.3) is 11.8 Å². The lowest BCUT2D eigenvalue weighted by Gasteiger charge is -2.08. The van der Waals surface area contributed by atoms with Crippen LogP contribution in [0.3, 0.4) is 0 Å². The van der Waals surface area contributed by atoms with Gasteiger partial charge in [-0.2, -0.15) is 5.10 Å². The number of benzene rings is 2. The van der Waals surface area contributed by atoms with Crippen LogP contribution >= 0.6 is 0 Å². The van der Waals surface area contributed by atoms with Gasteiger partial charge in [0.25, 0.3) is 0 Å². The van der Waals surface area contributed by atoms with Gasteiger partial charge in [-0.3, -0.25) is 4.79 Å². The van der Waals surface area contributed by atoms with E-state index in [0.717, 1.165) is 34.0 Å². The zero-order valence-electron chi connectivity index (χ0n) is 16.5. The second-order valence-electron chi connectivity index (χ2n) is 6.57. The van der Waals surface area contributed by atoms with E-state index in [-0.39, 0.29) is 5.91 Å². The molecule has 3 aromatic rings. The van der Waals surface area contributed by atoms with Crippen molar-refractivity contribution in [3.63, 3.8) is 0 Å². The Morgan fingerprint density at radius 2 is 1.79 bits per heavy atom. The third-order valence-electron chi connectivity index (χ3n) is 4.50. The van der Waals surface area contributed by atoms with Crippen LogP contribution < -0.4 is 10.1 Å². The molecule has 0 saturated carbocycles. The molecule has 2 aromatic carbocycles. The third kappa shape index (κ3) is 4.68. The van der Waals surface area contributed by atoms with E-state index in [1.54, 1.807) is 6.08 Å². The summed E-state index contributed by atoms with van der Waals surface area (Å²) in [7, 11) is 0. The molecular weight excluding hydrogens is 350 g/mol. The summed E-state index contributed by atoms with van der Waals surface area (Å²) in [6, 6.07) is 17.8. The van der Waals surface area contributed by atoms with Crippen LogP contribution in [0.15, 0.2) is 60.7 Å². The zero-order chi connectivity index (χ0) is 19.9. The van der Waals surface area contributed by atoms with Gasteiger partial charge in [0.15, 0.2) is 0 Å². The van der Waals surface area contributed by atoms with Gasteiger partial charge in [0.05, 0.1) is 17.9 Å². The van der Waals surface area contributed by atoms with Gasteiger partial charge in [-0.15, -0.1) is 0 Å². The van der Waals surface area contributed by atoms with Crippen molar-refractivity contribution in [1.82, 2.24) is 15.1 Å². The summed E-state index contributed by atoms with van der Waals surface area (Å²) in [6.45, 7) is 6.81. The summed E-state index contributed by atoms with van der Waals surface area (Å²) >= 11 is 0. The molecule has 0 aliphatic carbocycles. The predicted molar refractivity (Wildman–Crippen MR) is 112 cm³/mol. The minimum atomic E-state index is -0.153. The summed E-state index contributed by atoms with van der Waals surface area (Å²) in [5.74, 6) is 0.687. The normalized spacial score (nSPS) is 11.0. The van der Waals surface area contributed by atoms with Crippen LogP contribution in [0.4, 0.5) is 0 Å². The van der Waals surface area contributed by atoms with E-state index in [1.165, 1.54) is 0 Å². The molecule has 0 bridgehead atoms. The molecule has 144 valence electrons. The lowest BCUT2D eigenvalue weighted by atomic mass is 10.2. The number of nitrogens with one attached hydrogen (secondary N) is 1. The van der Waals surface area contributed by atoms with Gasteiger partial charge in [0.2, 0.25) is 5.91 Å². The highest BCUT2D eigenvalue weighted by Gasteiger charge is 2.10. The van der Waals surface area contributed by atoms with E-state index < -0.39 is 0 Å². The molecule has 28 heavy (non-hydrogen) atoms. The Labute approximate surface area is 165 Å². The van der Waals surface area contributed by atoms with Crippen molar-refractivity contribution in [2.45, 2.75) is 20.8 Å². The molecular formula is C23H25N3O2. The van der Waals surface area contributed by atoms with Crippen molar-refractivity contribution in [2.24, 2.45) is 0 Å². The van der Waals surface area contributed by atoms with Crippen LogP contribution in [0.5, 0.6) is 5.75 Å². The summed E-state index contributed by atoms with van der Waals surface area (Å²) in [5, 5.41) is 7.43. The van der Waals surface area contributed by atoms with Crippen molar-refractivity contribution in [2.75, 3.05) is 13.2 Å². The first-order chi connectivity index (χ1) is 13.6. The van der Waals surface area contributed by atoms with E-state index in [4.69, 9.17) is 4.74 Å². The molecule has 0 atom stereocenters. The number of para-hydroxylation sites is 2. The molecule has 5 heteroatoms. The van der Waals surface area contributed by atoms with E-state index in [9.17, 15) is 4.79 Å². The van der Waals surface area contributed by atoms with Gasteiger partial charge in [-0.25, -0.2) is 4.68 Å². The maximum absolute atomic E-state index is 12.1. The minimum Gasteiger partial charge on any atom is -0.491 e. The third-order valence-corrected chi connectivity index (χ3v) is 4.50. The number of carbonyl (C=O) groups excluding carboxylic acids is 1. The molecule has 1 N–H and O–H groups in total. The lowest BCUT2D eigenvalue weighted by molar-refractivity contribution is -0.116. The second kappa shape index (κ2) is 9.04. The predicted octanol–water partition coefficient (Wildman–Crippen LogP) is 4.01. The van der Waals surface area contributed by atoms with Gasteiger partial charge >= 0.3 is 0 Å². The molecule has 0 spiro atoms. The molecule has 1 aromatic heterocycles. The van der Waals surface area contributed by atoms with Crippen molar-refractivity contribution in [3.8, 4) is 11.4 Å². The largest absolute Gasteiger partial charge is 0.491 e. The fraction of sp³-hybridized carbons (Fsp3) is 0.217. The lowest BCUT2D eigenvalue weighted by Crippen LogP contribution is -2.26. The molecule has 1 amide bonds. The van der Waals surface area contributed by atoms with Gasteiger partial charge in [-0.1, -0.05) is 36.4 Å². The molecule has 0 fully saturated rings. The number of amides is 1. The molecule has 0 saturated heterocycles. The first-order valence-corrected chi connectivity index (χ1v) is 9.32. The zero-order valence-corrected chi connectivity index (χ0v) is 16.5. The molecule has 3 rings (SSSR count). The Bertz CT molecular complexity index is 975. The number of aromatic nitrogens is 2. The van der Waals surface area contributed by atoms with Crippen molar-refractivity contribution in [1.29, 1.82) is 0 Å². The highest BCUT2D eigenvalue weighted by molar-refractivity contribution is 5.92. The highest BCUT2D eigenvalue weighted by atomic mass is 16.5. The van der Waals surface area contributed by atoms with Crippen LogP contribution in [0, 0.1) is 20.8 Å². The first-order valence-electron chi connectivity index (χ1n) is 9.32. The Morgan fingerprint density at radius 3 is 2.54 bits per heavy atom. The van der Waals surface area contributed by atoms with Gasteiger partial charge in [0.1, 0.15) is 12.4 Å². The number of hydrogen-bond donors (Lipinski definition) is 1. The Kier molecular flexibility index (Phi) is 6.27. The van der Waals surface area contributed by atoms with Gasteiger partial charge in [-0.05, 0) is 50.6 Å². The fourth-order valence-corrected chi connectivity index (χ4v) is 2.99. The van der Waals surface area contributed by atoms with Gasteiger partial charge < -0.3 is 10.1 Å². The van der Waals surface area contributed by atoms with Crippen molar-refractivity contribution in [3.05, 3.63) is 83.2 Å². The van der Waals surface area contributed by atoms with Crippen LogP contribution in [-0.2, 0) is 4.79 Å². The van der Waals surface area contributed by atoms with E-state index in [2.05, 4.69) is 10.4 Å². The minimum absolute atomic E-state index is 0.153. The number of carbonyl (C=O) groups is 1. The second-order valence-corrected chi connectivity index (χ2v) is 6.57. The molecule has 5 nitrogen and oxygen atoms in total. The molecule has 0 radical (unpaired) electrons. The average Bonchev–Trinajstić information content (AvgIpc) is 2.99. The van der Waals surface area contributed by atoms with E-state index in [1.807, 2.05) is 86.1 Å². The van der Waals surface area contributed by atoms with Crippen LogP contribution in [0.2, 0.25) is 0 Å². The van der Waals surface area contributed by atoms with Crippen LogP contribution in [-0.4, -0.2) is 28.8 Å². The van der Waals surface area contributed by atoms with E-state index >= 15 is 0 Å². The topological polar surface area (TPSA) is 56.1 Å². The Hall–Kier alpha value is -3.34. The van der Waals surface area contributed by atoms with Gasteiger partial charge in [0, 0.05) is 17.3 Å². The van der Waals surface area contributed by atoms with Crippen molar-refractivity contribution < 1.29 is 9.53 Å². The molecule has 0 aliphatic rings. The van der Waals surface area contributed by atoms with Crippen LogP contribution in [0.1, 0.15) is 22.5 Å². The number of rotatable bonds is 7. The molecule has 0 aliphatic heterocycles. The smallest absolute Gasteiger partial charge is 0.244 e. The SMILES string of the molecule is Cc1ccccc1OCCNC(=O)C=Cc1c(C)nn(-c2ccccc2)c1C. The summed E-state index contributed by atoms with van der Waals surface area (Å²) in [6.07, 6.45) is 3.36.